The van der Waals surface area contributed by atoms with E-state index in [0.717, 1.165) is 43.7 Å². The fourth-order valence-corrected chi connectivity index (χ4v) is 3.23. The Morgan fingerprint density at radius 3 is 2.75 bits per heavy atom. The second-order valence-corrected chi connectivity index (χ2v) is 6.17. The van der Waals surface area contributed by atoms with E-state index in [2.05, 4.69) is 24.4 Å². The molecule has 3 heteroatoms. The number of rotatable bonds is 7. The lowest BCUT2D eigenvalue weighted by Crippen LogP contribution is -2.28. The highest BCUT2D eigenvalue weighted by atomic mass is 35.5. The molecule has 112 valence electrons. The van der Waals surface area contributed by atoms with Gasteiger partial charge in [0.05, 0.1) is 0 Å². The first-order valence-electron chi connectivity index (χ1n) is 7.81. The summed E-state index contributed by atoms with van der Waals surface area (Å²) in [5.41, 5.74) is 1.28. The summed E-state index contributed by atoms with van der Waals surface area (Å²) < 4.78 is 5.46. The standard InChI is InChI=1S/C17H26ClNO/c1-2-19-13-15(11-14-7-9-20-10-8-14)12-16-5-3-4-6-17(16)18/h3-6,14-15,19H,2,7-13H2,1H3. The number of nitrogens with one attached hydrogen (secondary N) is 1. The maximum absolute atomic E-state index is 6.30. The van der Waals surface area contributed by atoms with Gasteiger partial charge in [0.15, 0.2) is 0 Å². The molecular formula is C17H26ClNO. The second-order valence-electron chi connectivity index (χ2n) is 5.76. The third-order valence-corrected chi connectivity index (χ3v) is 4.53. The number of benzene rings is 1. The Bertz CT molecular complexity index is 390. The van der Waals surface area contributed by atoms with Crippen LogP contribution in [0.3, 0.4) is 0 Å². The van der Waals surface area contributed by atoms with Gasteiger partial charge in [0.2, 0.25) is 0 Å². The van der Waals surface area contributed by atoms with Crippen molar-refractivity contribution in [3.8, 4) is 0 Å². The third-order valence-electron chi connectivity index (χ3n) is 4.16. The Labute approximate surface area is 127 Å². The Balaban J connectivity index is 1.93. The van der Waals surface area contributed by atoms with Crippen LogP contribution in [-0.2, 0) is 11.2 Å². The number of halogens is 1. The zero-order chi connectivity index (χ0) is 14.2. The molecule has 1 aliphatic heterocycles. The molecule has 0 radical (unpaired) electrons. The smallest absolute Gasteiger partial charge is 0.0468 e. The van der Waals surface area contributed by atoms with Crippen molar-refractivity contribution in [3.63, 3.8) is 0 Å². The molecule has 2 rings (SSSR count). The van der Waals surface area contributed by atoms with Crippen LogP contribution in [0.2, 0.25) is 5.02 Å². The van der Waals surface area contributed by atoms with Crippen molar-refractivity contribution in [2.45, 2.75) is 32.6 Å². The van der Waals surface area contributed by atoms with Crippen LogP contribution in [0.15, 0.2) is 24.3 Å². The van der Waals surface area contributed by atoms with Crippen molar-refractivity contribution in [1.29, 1.82) is 0 Å². The van der Waals surface area contributed by atoms with Crippen LogP contribution < -0.4 is 5.32 Å². The van der Waals surface area contributed by atoms with E-state index in [1.807, 2.05) is 12.1 Å². The third kappa shape index (κ3) is 5.08. The van der Waals surface area contributed by atoms with Crippen LogP contribution in [0.25, 0.3) is 0 Å². The Morgan fingerprint density at radius 1 is 1.30 bits per heavy atom. The molecule has 1 N–H and O–H groups in total. The first-order valence-corrected chi connectivity index (χ1v) is 8.19. The summed E-state index contributed by atoms with van der Waals surface area (Å²) in [7, 11) is 0. The van der Waals surface area contributed by atoms with Crippen LogP contribution in [0.4, 0.5) is 0 Å². The summed E-state index contributed by atoms with van der Waals surface area (Å²) in [6.07, 6.45) is 4.78. The normalized spacial score (nSPS) is 18.1. The maximum atomic E-state index is 6.30. The molecule has 1 aliphatic rings. The molecule has 0 aromatic heterocycles. The highest BCUT2D eigenvalue weighted by Crippen LogP contribution is 2.27. The highest BCUT2D eigenvalue weighted by molar-refractivity contribution is 6.31. The lowest BCUT2D eigenvalue weighted by molar-refractivity contribution is 0.0585. The summed E-state index contributed by atoms with van der Waals surface area (Å²) in [6.45, 7) is 6.16. The van der Waals surface area contributed by atoms with Gasteiger partial charge in [0, 0.05) is 18.2 Å². The summed E-state index contributed by atoms with van der Waals surface area (Å²) in [6, 6.07) is 8.24. The summed E-state index contributed by atoms with van der Waals surface area (Å²) >= 11 is 6.30. The monoisotopic (exact) mass is 295 g/mol. The average molecular weight is 296 g/mol. The lowest BCUT2D eigenvalue weighted by atomic mass is 9.85. The van der Waals surface area contributed by atoms with Gasteiger partial charge in [0.1, 0.15) is 0 Å². The van der Waals surface area contributed by atoms with Gasteiger partial charge >= 0.3 is 0 Å². The molecular weight excluding hydrogens is 270 g/mol. The predicted octanol–water partition coefficient (Wildman–Crippen LogP) is 3.92. The molecule has 1 heterocycles. The number of hydrogen-bond donors (Lipinski definition) is 1. The van der Waals surface area contributed by atoms with E-state index in [-0.39, 0.29) is 0 Å². The van der Waals surface area contributed by atoms with Gasteiger partial charge < -0.3 is 10.1 Å². The van der Waals surface area contributed by atoms with Crippen molar-refractivity contribution >= 4 is 11.6 Å². The molecule has 0 spiro atoms. The quantitative estimate of drug-likeness (QED) is 0.823. The van der Waals surface area contributed by atoms with Gasteiger partial charge in [-0.15, -0.1) is 0 Å². The summed E-state index contributed by atoms with van der Waals surface area (Å²) in [5.74, 6) is 1.48. The van der Waals surface area contributed by atoms with E-state index in [1.165, 1.54) is 24.8 Å². The first-order chi connectivity index (χ1) is 9.79. The van der Waals surface area contributed by atoms with Crippen LogP contribution in [0, 0.1) is 11.8 Å². The van der Waals surface area contributed by atoms with Gasteiger partial charge in [-0.05, 0) is 62.2 Å². The molecule has 1 atom stereocenters. The SMILES string of the molecule is CCNCC(Cc1ccccc1Cl)CC1CCOCC1. The van der Waals surface area contributed by atoms with Crippen molar-refractivity contribution in [2.75, 3.05) is 26.3 Å². The van der Waals surface area contributed by atoms with Crippen LogP contribution in [0.5, 0.6) is 0 Å². The Kier molecular flexibility index (Phi) is 6.85. The molecule has 1 saturated heterocycles. The molecule has 0 saturated carbocycles. The predicted molar refractivity (Wildman–Crippen MR) is 85.3 cm³/mol. The molecule has 0 aliphatic carbocycles. The largest absolute Gasteiger partial charge is 0.381 e. The molecule has 20 heavy (non-hydrogen) atoms. The van der Waals surface area contributed by atoms with Gasteiger partial charge in [-0.1, -0.05) is 36.7 Å². The average Bonchev–Trinajstić information content (AvgIpc) is 2.48. The maximum Gasteiger partial charge on any atom is 0.0468 e. The topological polar surface area (TPSA) is 21.3 Å². The van der Waals surface area contributed by atoms with Gasteiger partial charge in [-0.3, -0.25) is 0 Å². The van der Waals surface area contributed by atoms with Crippen LogP contribution in [0.1, 0.15) is 31.7 Å². The van der Waals surface area contributed by atoms with Crippen molar-refractivity contribution in [3.05, 3.63) is 34.9 Å². The van der Waals surface area contributed by atoms with Gasteiger partial charge in [0.25, 0.3) is 0 Å². The van der Waals surface area contributed by atoms with Crippen molar-refractivity contribution in [2.24, 2.45) is 11.8 Å². The van der Waals surface area contributed by atoms with E-state index in [4.69, 9.17) is 16.3 Å². The molecule has 1 fully saturated rings. The van der Waals surface area contributed by atoms with E-state index in [9.17, 15) is 0 Å². The zero-order valence-electron chi connectivity index (χ0n) is 12.4. The minimum atomic E-state index is 0.665. The second kappa shape index (κ2) is 8.66. The number of hydrogen-bond acceptors (Lipinski definition) is 2. The summed E-state index contributed by atoms with van der Waals surface area (Å²) in [4.78, 5) is 0. The van der Waals surface area contributed by atoms with E-state index in [0.29, 0.717) is 5.92 Å². The highest BCUT2D eigenvalue weighted by Gasteiger charge is 2.20. The fourth-order valence-electron chi connectivity index (χ4n) is 3.02. The molecule has 2 nitrogen and oxygen atoms in total. The number of ether oxygens (including phenoxy) is 1. The molecule has 1 aromatic carbocycles. The van der Waals surface area contributed by atoms with Crippen molar-refractivity contribution in [1.82, 2.24) is 5.32 Å². The van der Waals surface area contributed by atoms with E-state index < -0.39 is 0 Å². The van der Waals surface area contributed by atoms with Crippen LogP contribution >= 0.6 is 11.6 Å². The van der Waals surface area contributed by atoms with Crippen LogP contribution in [-0.4, -0.2) is 26.3 Å². The molecule has 0 amide bonds. The Morgan fingerprint density at radius 2 is 2.05 bits per heavy atom. The first kappa shape index (κ1) is 15.8. The molecule has 1 aromatic rings. The van der Waals surface area contributed by atoms with Gasteiger partial charge in [-0.25, -0.2) is 0 Å². The Hall–Kier alpha value is -0.570. The fraction of sp³-hybridized carbons (Fsp3) is 0.647. The molecule has 0 bridgehead atoms. The minimum Gasteiger partial charge on any atom is -0.381 e. The zero-order valence-corrected chi connectivity index (χ0v) is 13.2. The van der Waals surface area contributed by atoms with E-state index in [1.54, 1.807) is 0 Å². The van der Waals surface area contributed by atoms with E-state index >= 15 is 0 Å². The van der Waals surface area contributed by atoms with Crippen molar-refractivity contribution < 1.29 is 4.74 Å². The van der Waals surface area contributed by atoms with Gasteiger partial charge in [-0.2, -0.15) is 0 Å². The summed E-state index contributed by atoms with van der Waals surface area (Å²) in [5, 5.41) is 4.41. The lowest BCUT2D eigenvalue weighted by Gasteiger charge is -2.27. The minimum absolute atomic E-state index is 0.665. The molecule has 1 unspecified atom stereocenters.